The molecule has 2 heterocycles. The first-order chi connectivity index (χ1) is 12.7. The van der Waals surface area contributed by atoms with Gasteiger partial charge in [0.25, 0.3) is 5.56 Å². The van der Waals surface area contributed by atoms with Crippen LogP contribution in [0.15, 0.2) is 29.1 Å². The van der Waals surface area contributed by atoms with Crippen LogP contribution in [0.3, 0.4) is 0 Å². The fourth-order valence-corrected chi connectivity index (χ4v) is 3.76. The smallest absolute Gasteiger partial charge is 0.284 e. The maximum atomic E-state index is 12.7. The number of rotatable bonds is 5. The predicted octanol–water partition coefficient (Wildman–Crippen LogP) is 3.95. The summed E-state index contributed by atoms with van der Waals surface area (Å²) in [4.78, 5) is 21.8. The number of nitrogens with one attached hydrogen (secondary N) is 1. The summed E-state index contributed by atoms with van der Waals surface area (Å²) in [5.74, 6) is 1.85. The fraction of sp³-hybridized carbons (Fsp3) is 0.450. The lowest BCUT2D eigenvalue weighted by Crippen LogP contribution is -2.17. The summed E-state index contributed by atoms with van der Waals surface area (Å²) in [6.07, 6.45) is 5.58. The van der Waals surface area contributed by atoms with E-state index in [0.717, 1.165) is 30.5 Å². The number of hydrogen-bond donors (Lipinski definition) is 1. The Hall–Kier alpha value is -2.63. The zero-order valence-corrected chi connectivity index (χ0v) is 15.3. The van der Waals surface area contributed by atoms with Crippen molar-refractivity contribution in [1.82, 2.24) is 19.7 Å². The largest absolute Gasteiger partial charge is 0.493 e. The molecule has 0 bridgehead atoms. The molecule has 2 aliphatic heterocycles. The van der Waals surface area contributed by atoms with Gasteiger partial charge >= 0.3 is 0 Å². The molecule has 1 aromatic carbocycles. The van der Waals surface area contributed by atoms with E-state index in [1.807, 2.05) is 31.2 Å². The average molecular weight is 352 g/mol. The molecular weight excluding hydrogens is 328 g/mol. The molecule has 0 aromatic heterocycles. The lowest BCUT2D eigenvalue weighted by Gasteiger charge is -2.14. The summed E-state index contributed by atoms with van der Waals surface area (Å²) in [6, 6.07) is 8.02. The van der Waals surface area contributed by atoms with Crippen molar-refractivity contribution in [3.8, 4) is 28.5 Å². The van der Waals surface area contributed by atoms with Gasteiger partial charge in [-0.15, -0.1) is 0 Å². The van der Waals surface area contributed by atoms with Gasteiger partial charge in [-0.2, -0.15) is 4.98 Å². The van der Waals surface area contributed by atoms with Crippen molar-refractivity contribution in [3.05, 3.63) is 40.3 Å². The number of aryl methyl sites for hydroxylation is 1. The van der Waals surface area contributed by atoms with Crippen LogP contribution in [-0.2, 0) is 0 Å². The summed E-state index contributed by atoms with van der Waals surface area (Å²) >= 11 is 0. The number of fused-ring (bicyclic) bond motifs is 1. The van der Waals surface area contributed by atoms with Crippen molar-refractivity contribution in [1.29, 1.82) is 0 Å². The van der Waals surface area contributed by atoms with Gasteiger partial charge < -0.3 is 9.84 Å². The molecule has 0 atom stereocenters. The molecule has 0 unspecified atom stereocenters. The molecule has 6 heteroatoms. The Morgan fingerprint density at radius 2 is 2.00 bits per heavy atom. The summed E-state index contributed by atoms with van der Waals surface area (Å²) in [5.41, 5.74) is 1.95. The number of aromatic nitrogens is 4. The number of hydrogen-bond acceptors (Lipinski definition) is 4. The molecular formula is C20H24N4O2. The van der Waals surface area contributed by atoms with Gasteiger partial charge in [0, 0.05) is 5.69 Å². The Morgan fingerprint density at radius 1 is 1.23 bits per heavy atom. The maximum absolute atomic E-state index is 12.7. The van der Waals surface area contributed by atoms with E-state index in [-0.39, 0.29) is 5.56 Å². The number of H-pyrrole nitrogens is 1. The molecule has 1 aliphatic carbocycles. The van der Waals surface area contributed by atoms with Gasteiger partial charge in [0.15, 0.2) is 11.6 Å². The van der Waals surface area contributed by atoms with Crippen molar-refractivity contribution in [3.63, 3.8) is 0 Å². The average Bonchev–Trinajstić information content (AvgIpc) is 3.28. The second-order valence-corrected chi connectivity index (χ2v) is 6.94. The van der Waals surface area contributed by atoms with E-state index in [4.69, 9.17) is 9.72 Å². The third kappa shape index (κ3) is 2.89. The first-order valence-corrected chi connectivity index (χ1v) is 9.40. The van der Waals surface area contributed by atoms with Crippen LogP contribution in [0.4, 0.5) is 0 Å². The molecule has 1 saturated carbocycles. The quantitative estimate of drug-likeness (QED) is 0.754. The molecule has 1 fully saturated rings. The third-order valence-corrected chi connectivity index (χ3v) is 5.03. The van der Waals surface area contributed by atoms with E-state index < -0.39 is 0 Å². The minimum atomic E-state index is -0.235. The summed E-state index contributed by atoms with van der Waals surface area (Å²) < 4.78 is 7.90. The first kappa shape index (κ1) is 16.8. The summed E-state index contributed by atoms with van der Waals surface area (Å²) in [6.45, 7) is 4.60. The fourth-order valence-electron chi connectivity index (χ4n) is 3.76. The highest BCUT2D eigenvalue weighted by Gasteiger charge is 2.27. The number of aromatic amines is 1. The van der Waals surface area contributed by atoms with Gasteiger partial charge in [0.05, 0.1) is 18.2 Å². The Morgan fingerprint density at radius 3 is 2.77 bits per heavy atom. The highest BCUT2D eigenvalue weighted by Crippen LogP contribution is 2.35. The van der Waals surface area contributed by atoms with Crippen LogP contribution in [0.2, 0.25) is 0 Å². The molecule has 26 heavy (non-hydrogen) atoms. The molecule has 0 spiro atoms. The number of para-hydroxylation sites is 1. The highest BCUT2D eigenvalue weighted by atomic mass is 16.5. The van der Waals surface area contributed by atoms with Crippen LogP contribution in [-0.4, -0.2) is 26.4 Å². The van der Waals surface area contributed by atoms with Crippen molar-refractivity contribution in [2.75, 3.05) is 6.61 Å². The molecule has 0 amide bonds. The van der Waals surface area contributed by atoms with Crippen molar-refractivity contribution >= 4 is 0 Å². The highest BCUT2D eigenvalue weighted by molar-refractivity contribution is 5.68. The van der Waals surface area contributed by atoms with Crippen LogP contribution in [0.5, 0.6) is 5.75 Å². The van der Waals surface area contributed by atoms with E-state index in [1.54, 1.807) is 0 Å². The van der Waals surface area contributed by atoms with Gasteiger partial charge in [-0.3, -0.25) is 9.48 Å². The van der Waals surface area contributed by atoms with Crippen molar-refractivity contribution < 1.29 is 4.74 Å². The summed E-state index contributed by atoms with van der Waals surface area (Å²) in [7, 11) is 0. The molecule has 4 rings (SSSR count). The van der Waals surface area contributed by atoms with Gasteiger partial charge in [0.1, 0.15) is 11.3 Å². The molecule has 0 saturated heterocycles. The summed E-state index contributed by atoms with van der Waals surface area (Å²) in [5, 5.41) is 3.35. The minimum absolute atomic E-state index is 0.235. The lowest BCUT2D eigenvalue weighted by molar-refractivity contribution is 0.318. The Labute approximate surface area is 152 Å². The minimum Gasteiger partial charge on any atom is -0.493 e. The topological polar surface area (TPSA) is 72.8 Å². The van der Waals surface area contributed by atoms with Gasteiger partial charge in [-0.25, -0.2) is 4.98 Å². The maximum Gasteiger partial charge on any atom is 0.284 e. The second-order valence-electron chi connectivity index (χ2n) is 6.94. The van der Waals surface area contributed by atoms with Crippen molar-refractivity contribution in [2.24, 2.45) is 0 Å². The van der Waals surface area contributed by atoms with Crippen LogP contribution < -0.4 is 10.3 Å². The van der Waals surface area contributed by atoms with E-state index in [0.29, 0.717) is 35.6 Å². The van der Waals surface area contributed by atoms with Crippen molar-refractivity contribution in [2.45, 2.75) is 52.0 Å². The Balaban J connectivity index is 1.86. The molecule has 6 nitrogen and oxygen atoms in total. The number of nitrogens with zero attached hydrogens (tertiary/aromatic N) is 3. The Bertz CT molecular complexity index is 937. The van der Waals surface area contributed by atoms with Gasteiger partial charge in [-0.05, 0) is 38.3 Å². The zero-order chi connectivity index (χ0) is 18.1. The molecule has 1 N–H and O–H groups in total. The van der Waals surface area contributed by atoms with Crippen LogP contribution in [0.25, 0.3) is 22.8 Å². The molecule has 136 valence electrons. The van der Waals surface area contributed by atoms with Crippen LogP contribution >= 0.6 is 0 Å². The van der Waals surface area contributed by atoms with Crippen LogP contribution in [0, 0.1) is 6.92 Å². The SMILES string of the molecule is CCCOc1ccccc1-c1nc2n(C3CCCC3)[nH]c(C)c-2c(=O)n1. The third-order valence-electron chi connectivity index (χ3n) is 5.03. The first-order valence-electron chi connectivity index (χ1n) is 9.40. The second kappa shape index (κ2) is 6.94. The normalized spacial score (nSPS) is 15.0. The lowest BCUT2D eigenvalue weighted by atomic mass is 10.1. The number of benzene rings is 1. The predicted molar refractivity (Wildman–Crippen MR) is 101 cm³/mol. The number of ether oxygens (including phenoxy) is 1. The van der Waals surface area contributed by atoms with Gasteiger partial charge in [-0.1, -0.05) is 31.9 Å². The zero-order valence-electron chi connectivity index (χ0n) is 15.3. The Kier molecular flexibility index (Phi) is 4.49. The van der Waals surface area contributed by atoms with E-state index in [2.05, 4.69) is 21.7 Å². The van der Waals surface area contributed by atoms with E-state index in [9.17, 15) is 4.79 Å². The van der Waals surface area contributed by atoms with E-state index >= 15 is 0 Å². The van der Waals surface area contributed by atoms with E-state index in [1.165, 1.54) is 12.8 Å². The molecule has 0 radical (unpaired) electrons. The van der Waals surface area contributed by atoms with Gasteiger partial charge in [0.2, 0.25) is 0 Å². The monoisotopic (exact) mass is 352 g/mol. The molecule has 1 aromatic rings. The standard InChI is InChI=1S/C20H24N4O2/c1-3-12-26-16-11-7-6-10-15(16)18-21-19-17(20(25)22-18)13(2)23-24(19)14-8-4-5-9-14/h6-7,10-11,14,23H,3-5,8-9,12H2,1-2H3. The van der Waals surface area contributed by atoms with Crippen LogP contribution in [0.1, 0.15) is 50.8 Å². The molecule has 3 aliphatic rings.